The Bertz CT molecular complexity index is 219. The van der Waals surface area contributed by atoms with Crippen molar-refractivity contribution in [1.29, 1.82) is 0 Å². The number of rotatable bonds is 7. The van der Waals surface area contributed by atoms with E-state index < -0.39 is 0 Å². The maximum Gasteiger partial charge on any atom is 0.0558 e. The van der Waals surface area contributed by atoms with Gasteiger partial charge < -0.3 is 15.2 Å². The molecule has 4 heteroatoms. The molecule has 1 aliphatic heterocycles. The second kappa shape index (κ2) is 6.69. The number of aliphatic hydroxyl groups excluding tert-OH is 1. The highest BCUT2D eigenvalue weighted by molar-refractivity contribution is 4.89. The van der Waals surface area contributed by atoms with Crippen LogP contribution in [0.25, 0.3) is 0 Å². The maximum absolute atomic E-state index is 9.12. The zero-order valence-corrected chi connectivity index (χ0v) is 10.9. The zero-order valence-electron chi connectivity index (χ0n) is 10.9. The number of aliphatic hydroxyl groups is 1. The number of hydrogen-bond donors (Lipinski definition) is 2. The molecule has 2 aliphatic rings. The first kappa shape index (κ1) is 13.3. The van der Waals surface area contributed by atoms with E-state index >= 15 is 0 Å². The topological polar surface area (TPSA) is 44.7 Å². The molecule has 0 bridgehead atoms. The summed E-state index contributed by atoms with van der Waals surface area (Å²) >= 11 is 0. The van der Waals surface area contributed by atoms with E-state index in [1.165, 1.54) is 12.8 Å². The fourth-order valence-electron chi connectivity index (χ4n) is 2.80. The predicted octanol–water partition coefficient (Wildman–Crippen LogP) is 0.458. The van der Waals surface area contributed by atoms with Crippen LogP contribution < -0.4 is 5.32 Å². The van der Waals surface area contributed by atoms with Gasteiger partial charge in [-0.3, -0.25) is 4.90 Å². The van der Waals surface area contributed by atoms with Gasteiger partial charge >= 0.3 is 0 Å². The average molecular weight is 242 g/mol. The molecule has 1 saturated heterocycles. The molecular formula is C13H26N2O2. The van der Waals surface area contributed by atoms with Crippen LogP contribution >= 0.6 is 0 Å². The first-order valence-corrected chi connectivity index (χ1v) is 7.01. The quantitative estimate of drug-likeness (QED) is 0.681. The van der Waals surface area contributed by atoms with Crippen LogP contribution in [0.15, 0.2) is 0 Å². The molecule has 1 aliphatic carbocycles. The second-order valence-electron chi connectivity index (χ2n) is 5.24. The molecule has 0 spiro atoms. The van der Waals surface area contributed by atoms with Gasteiger partial charge in [0, 0.05) is 37.7 Å². The lowest BCUT2D eigenvalue weighted by atomic mass is 9.95. The lowest BCUT2D eigenvalue weighted by Crippen LogP contribution is -2.48. The summed E-state index contributed by atoms with van der Waals surface area (Å²) in [5, 5.41) is 12.7. The van der Waals surface area contributed by atoms with Crippen LogP contribution in [0, 0.1) is 5.92 Å². The molecule has 0 aromatic heterocycles. The molecule has 17 heavy (non-hydrogen) atoms. The third-order valence-electron chi connectivity index (χ3n) is 3.86. The molecule has 2 rings (SSSR count). The average Bonchev–Trinajstić information content (AvgIpc) is 3.15. The highest BCUT2D eigenvalue weighted by atomic mass is 16.5. The lowest BCUT2D eigenvalue weighted by Gasteiger charge is -2.35. The molecule has 100 valence electrons. The molecule has 0 amide bonds. The van der Waals surface area contributed by atoms with Crippen molar-refractivity contribution in [3.63, 3.8) is 0 Å². The number of nitrogens with one attached hydrogen (secondary N) is 1. The second-order valence-corrected chi connectivity index (χ2v) is 5.24. The van der Waals surface area contributed by atoms with E-state index in [1.54, 1.807) is 0 Å². The molecule has 2 unspecified atom stereocenters. The van der Waals surface area contributed by atoms with Crippen LogP contribution in [-0.2, 0) is 4.74 Å². The van der Waals surface area contributed by atoms with Crippen molar-refractivity contribution in [3.8, 4) is 0 Å². The summed E-state index contributed by atoms with van der Waals surface area (Å²) in [5.41, 5.74) is 0. The summed E-state index contributed by atoms with van der Waals surface area (Å²) in [4.78, 5) is 2.45. The molecule has 0 aromatic rings. The Morgan fingerprint density at radius 3 is 2.82 bits per heavy atom. The van der Waals surface area contributed by atoms with Gasteiger partial charge in [-0.15, -0.1) is 0 Å². The first-order valence-electron chi connectivity index (χ1n) is 7.01. The van der Waals surface area contributed by atoms with E-state index in [1.807, 2.05) is 0 Å². The molecule has 0 aromatic carbocycles. The third-order valence-corrected chi connectivity index (χ3v) is 3.86. The molecule has 2 N–H and O–H groups in total. The summed E-state index contributed by atoms with van der Waals surface area (Å²) in [6.45, 7) is 7.12. The Labute approximate surface area is 104 Å². The van der Waals surface area contributed by atoms with Crippen molar-refractivity contribution in [2.45, 2.75) is 38.3 Å². The Kier molecular flexibility index (Phi) is 5.22. The molecule has 2 atom stereocenters. The molecule has 4 nitrogen and oxygen atoms in total. The monoisotopic (exact) mass is 242 g/mol. The lowest BCUT2D eigenvalue weighted by molar-refractivity contribution is 0.0135. The highest BCUT2D eigenvalue weighted by Gasteiger charge is 2.33. The fourth-order valence-corrected chi connectivity index (χ4v) is 2.80. The van der Waals surface area contributed by atoms with E-state index in [-0.39, 0.29) is 6.61 Å². The van der Waals surface area contributed by atoms with Gasteiger partial charge in [0.15, 0.2) is 0 Å². The summed E-state index contributed by atoms with van der Waals surface area (Å²) in [6, 6.07) is 1.32. The summed E-state index contributed by atoms with van der Waals surface area (Å²) < 4.78 is 5.61. The van der Waals surface area contributed by atoms with Gasteiger partial charge in [-0.05, 0) is 25.8 Å². The third kappa shape index (κ3) is 3.91. The minimum Gasteiger partial charge on any atom is -0.395 e. The molecular weight excluding hydrogens is 216 g/mol. The van der Waals surface area contributed by atoms with Gasteiger partial charge in [-0.25, -0.2) is 0 Å². The standard InChI is InChI=1S/C13H26N2O2/c1-2-14-13-5-8-17-10-11(13)9-15(6-7-16)12-3-4-12/h11-14,16H,2-10H2,1H3. The zero-order chi connectivity index (χ0) is 12.1. The van der Waals surface area contributed by atoms with E-state index in [0.29, 0.717) is 12.0 Å². The van der Waals surface area contributed by atoms with Crippen LogP contribution in [0.3, 0.4) is 0 Å². The molecule has 1 saturated carbocycles. The van der Waals surface area contributed by atoms with Crippen LogP contribution in [0.1, 0.15) is 26.2 Å². The first-order chi connectivity index (χ1) is 8.35. The summed E-state index contributed by atoms with van der Waals surface area (Å²) in [5.74, 6) is 0.579. The fraction of sp³-hybridized carbons (Fsp3) is 1.00. The Morgan fingerprint density at radius 2 is 2.18 bits per heavy atom. The smallest absolute Gasteiger partial charge is 0.0558 e. The molecule has 0 radical (unpaired) electrons. The van der Waals surface area contributed by atoms with Gasteiger partial charge in [-0.1, -0.05) is 6.92 Å². The predicted molar refractivity (Wildman–Crippen MR) is 68.1 cm³/mol. The normalized spacial score (nSPS) is 29.8. The van der Waals surface area contributed by atoms with E-state index in [0.717, 1.165) is 45.3 Å². The van der Waals surface area contributed by atoms with Crippen molar-refractivity contribution in [3.05, 3.63) is 0 Å². The Balaban J connectivity index is 1.84. The van der Waals surface area contributed by atoms with Crippen molar-refractivity contribution in [2.24, 2.45) is 5.92 Å². The highest BCUT2D eigenvalue weighted by Crippen LogP contribution is 2.28. The van der Waals surface area contributed by atoms with Crippen molar-refractivity contribution >= 4 is 0 Å². The van der Waals surface area contributed by atoms with Gasteiger partial charge in [0.1, 0.15) is 0 Å². The van der Waals surface area contributed by atoms with Crippen molar-refractivity contribution < 1.29 is 9.84 Å². The minimum atomic E-state index is 0.274. The minimum absolute atomic E-state index is 0.274. The largest absolute Gasteiger partial charge is 0.395 e. The van der Waals surface area contributed by atoms with E-state index in [2.05, 4.69) is 17.1 Å². The van der Waals surface area contributed by atoms with E-state index in [4.69, 9.17) is 9.84 Å². The number of nitrogens with zero attached hydrogens (tertiary/aromatic N) is 1. The van der Waals surface area contributed by atoms with Gasteiger partial charge in [-0.2, -0.15) is 0 Å². The van der Waals surface area contributed by atoms with Gasteiger partial charge in [0.05, 0.1) is 13.2 Å². The van der Waals surface area contributed by atoms with Crippen LogP contribution in [0.2, 0.25) is 0 Å². The Hall–Kier alpha value is -0.160. The van der Waals surface area contributed by atoms with Crippen LogP contribution in [0.5, 0.6) is 0 Å². The van der Waals surface area contributed by atoms with E-state index in [9.17, 15) is 0 Å². The van der Waals surface area contributed by atoms with Crippen LogP contribution in [0.4, 0.5) is 0 Å². The summed E-state index contributed by atoms with van der Waals surface area (Å²) in [7, 11) is 0. The van der Waals surface area contributed by atoms with Gasteiger partial charge in [0.2, 0.25) is 0 Å². The van der Waals surface area contributed by atoms with Crippen molar-refractivity contribution in [2.75, 3.05) is 39.5 Å². The Morgan fingerprint density at radius 1 is 1.35 bits per heavy atom. The molecule has 2 fully saturated rings. The maximum atomic E-state index is 9.12. The SMILES string of the molecule is CCNC1CCOCC1CN(CCO)C1CC1. The summed E-state index contributed by atoms with van der Waals surface area (Å²) in [6.07, 6.45) is 3.73. The van der Waals surface area contributed by atoms with Gasteiger partial charge in [0.25, 0.3) is 0 Å². The molecule has 1 heterocycles. The number of hydrogen-bond acceptors (Lipinski definition) is 4. The van der Waals surface area contributed by atoms with Crippen LogP contribution in [-0.4, -0.2) is 61.5 Å². The number of ether oxygens (including phenoxy) is 1. The van der Waals surface area contributed by atoms with Crippen molar-refractivity contribution in [1.82, 2.24) is 10.2 Å².